The zero-order chi connectivity index (χ0) is 34.6. The van der Waals surface area contributed by atoms with Gasteiger partial charge in [0.15, 0.2) is 11.4 Å². The van der Waals surface area contributed by atoms with Crippen LogP contribution in [0.3, 0.4) is 0 Å². The number of pyridine rings is 2. The molecule has 0 unspecified atom stereocenters. The van der Waals surface area contributed by atoms with Gasteiger partial charge in [-0.1, -0.05) is 85.6 Å². The topological polar surface area (TPSA) is 203 Å². The number of hydrogen-bond acceptors (Lipinski definition) is 8. The van der Waals surface area contributed by atoms with Crippen molar-refractivity contribution in [3.63, 3.8) is 0 Å². The number of benzene rings is 2. The van der Waals surface area contributed by atoms with Crippen molar-refractivity contribution in [3.05, 3.63) is 122 Å². The Balaban J connectivity index is 0.000000458. The minimum absolute atomic E-state index is 1.05. The zero-order valence-electron chi connectivity index (χ0n) is 26.0. The first-order valence-corrected chi connectivity index (χ1v) is 17.7. The lowest BCUT2D eigenvalue weighted by Gasteiger charge is -2.17. The van der Waals surface area contributed by atoms with Gasteiger partial charge in [-0.15, -0.1) is 20.5 Å². The summed E-state index contributed by atoms with van der Waals surface area (Å²) in [5.74, 6) is 0. The van der Waals surface area contributed by atoms with Crippen molar-refractivity contribution in [2.45, 2.75) is 51.6 Å². The summed E-state index contributed by atoms with van der Waals surface area (Å²) < 4.78 is 77.4. The molecule has 2 aromatic carbocycles. The minimum Gasteiger partial charge on any atom is -0.223 e. The van der Waals surface area contributed by atoms with Crippen molar-refractivity contribution in [2.75, 3.05) is 0 Å². The molecule has 0 saturated heterocycles. The van der Waals surface area contributed by atoms with E-state index < -0.39 is 20.5 Å². The second kappa shape index (κ2) is 17.5. The predicted molar refractivity (Wildman–Crippen MR) is 154 cm³/mol. The summed E-state index contributed by atoms with van der Waals surface area (Å²) in [5, 5.41) is 0. The molecule has 0 N–H and O–H groups in total. The number of rotatable bonds is 11. The molecule has 0 bridgehead atoms. The maximum atomic E-state index is 8.49. The van der Waals surface area contributed by atoms with E-state index in [2.05, 4.69) is 140 Å². The van der Waals surface area contributed by atoms with E-state index >= 15 is 0 Å². The van der Waals surface area contributed by atoms with Gasteiger partial charge in [-0.2, -0.15) is 0 Å². The van der Waals surface area contributed by atoms with Crippen LogP contribution in [0.15, 0.2) is 122 Å². The minimum atomic E-state index is -4.94. The van der Waals surface area contributed by atoms with Gasteiger partial charge in [0, 0.05) is 23.3 Å². The standard InChI is InChI=1S/C34H36N4.2ClHO4/c1(3-13-25-37-31(29-17-7-5-8-18-29)27-35-23-15-11-21-33(35)37)2-4-14-26-38-32(30-19-9-6-10-20-30)28-36-24-16-12-22-34(36)38;2*2-1(3,4)5/h5-12,15-24,27-28H,1-4,13-14,25-26H2;2*(H,2,3,4,5)/q+2;;/p-2. The van der Waals surface area contributed by atoms with Gasteiger partial charge in [0.1, 0.15) is 12.4 Å². The van der Waals surface area contributed by atoms with E-state index in [0.29, 0.717) is 0 Å². The Morgan fingerprint density at radius 1 is 0.417 bits per heavy atom. The molecule has 12 nitrogen and oxygen atoms in total. The largest absolute Gasteiger partial charge is 0.286 e. The van der Waals surface area contributed by atoms with E-state index in [0.717, 1.165) is 13.1 Å². The molecule has 0 aliphatic heterocycles. The monoisotopic (exact) mass is 698 g/mol. The second-order valence-electron chi connectivity index (χ2n) is 10.9. The van der Waals surface area contributed by atoms with E-state index in [1.807, 2.05) is 0 Å². The third-order valence-corrected chi connectivity index (χ3v) is 7.55. The van der Waals surface area contributed by atoms with Crippen molar-refractivity contribution in [1.82, 2.24) is 9.13 Å². The number of aromatic nitrogens is 4. The first-order chi connectivity index (χ1) is 22.9. The quantitative estimate of drug-likeness (QED) is 0.105. The van der Waals surface area contributed by atoms with Gasteiger partial charge in [-0.05, 0) is 37.8 Å². The summed E-state index contributed by atoms with van der Waals surface area (Å²) in [7, 11) is -9.89. The van der Waals surface area contributed by atoms with Gasteiger partial charge in [-0.3, -0.25) is 0 Å². The Hall–Kier alpha value is -3.92. The number of imidazole rings is 2. The Morgan fingerprint density at radius 2 is 0.729 bits per heavy atom. The van der Waals surface area contributed by atoms with Gasteiger partial charge in [0.2, 0.25) is 0 Å². The van der Waals surface area contributed by atoms with E-state index in [-0.39, 0.29) is 0 Å². The molecule has 0 saturated carbocycles. The molecule has 0 aliphatic rings. The van der Waals surface area contributed by atoms with Crippen LogP contribution in [0.25, 0.3) is 33.8 Å². The first kappa shape index (κ1) is 36.9. The average Bonchev–Trinajstić information content (AvgIpc) is 3.60. The van der Waals surface area contributed by atoms with Crippen LogP contribution in [0.2, 0.25) is 0 Å². The third-order valence-electron chi connectivity index (χ3n) is 7.55. The third kappa shape index (κ3) is 12.0. The second-order valence-corrected chi connectivity index (χ2v) is 12.4. The SMILES string of the molecule is [O-][Cl+3]([O-])([O-])[O-].[O-][Cl+3]([O-])([O-])[O-].c1ccc(-c2c[n+]3ccccc3n2CCCCCCCCn2c(-c3ccccc3)c[n+]3ccccc23)cc1. The van der Waals surface area contributed by atoms with Crippen LogP contribution in [0.5, 0.6) is 0 Å². The highest BCUT2D eigenvalue weighted by Gasteiger charge is 2.19. The van der Waals surface area contributed by atoms with E-state index in [1.165, 1.54) is 72.3 Å². The fourth-order valence-electron chi connectivity index (χ4n) is 5.62. The van der Waals surface area contributed by atoms with Crippen molar-refractivity contribution < 1.29 is 66.6 Å². The van der Waals surface area contributed by atoms with Crippen LogP contribution in [0.1, 0.15) is 38.5 Å². The van der Waals surface area contributed by atoms with Crippen molar-refractivity contribution in [2.24, 2.45) is 0 Å². The van der Waals surface area contributed by atoms with Crippen LogP contribution >= 0.6 is 0 Å². The number of unbranched alkanes of at least 4 members (excludes halogenated alkanes) is 5. The average molecular weight is 700 g/mol. The maximum Gasteiger partial charge on any atom is 0.286 e. The molecule has 0 spiro atoms. The van der Waals surface area contributed by atoms with Gasteiger partial charge in [0.05, 0.1) is 25.5 Å². The fraction of sp³-hybridized carbons (Fsp3) is 0.235. The molecule has 4 aromatic heterocycles. The highest BCUT2D eigenvalue weighted by Crippen LogP contribution is 2.23. The Kier molecular flexibility index (Phi) is 13.4. The maximum absolute atomic E-state index is 8.49. The van der Waals surface area contributed by atoms with Crippen LogP contribution in [-0.2, 0) is 13.1 Å². The summed E-state index contributed by atoms with van der Waals surface area (Å²) >= 11 is 0. The molecule has 4 heterocycles. The number of nitrogens with zero attached hydrogens (tertiary/aromatic N) is 4. The van der Waals surface area contributed by atoms with Gasteiger partial charge in [-0.25, -0.2) is 55.2 Å². The van der Waals surface area contributed by atoms with Gasteiger partial charge >= 0.3 is 0 Å². The Labute approximate surface area is 282 Å². The molecule has 48 heavy (non-hydrogen) atoms. The van der Waals surface area contributed by atoms with E-state index in [1.54, 1.807) is 0 Å². The summed E-state index contributed by atoms with van der Waals surface area (Å²) in [6.45, 7) is 2.11. The smallest absolute Gasteiger partial charge is 0.223 e. The van der Waals surface area contributed by atoms with Crippen LogP contribution in [0.4, 0.5) is 0 Å². The van der Waals surface area contributed by atoms with Gasteiger partial charge in [0.25, 0.3) is 11.3 Å². The van der Waals surface area contributed by atoms with Crippen molar-refractivity contribution in [1.29, 1.82) is 0 Å². The van der Waals surface area contributed by atoms with E-state index in [4.69, 9.17) is 37.3 Å². The molecule has 254 valence electrons. The van der Waals surface area contributed by atoms with Crippen LogP contribution < -0.4 is 46.1 Å². The lowest BCUT2D eigenvalue weighted by atomic mass is 10.1. The summed E-state index contributed by atoms with van der Waals surface area (Å²) in [6.07, 6.45) is 16.3. The molecule has 6 aromatic rings. The Morgan fingerprint density at radius 3 is 1.08 bits per heavy atom. The Bertz CT molecular complexity index is 1690. The zero-order valence-corrected chi connectivity index (χ0v) is 27.5. The summed E-state index contributed by atoms with van der Waals surface area (Å²) in [4.78, 5) is 0. The molecule has 14 heteroatoms. The molecule has 0 fully saturated rings. The highest BCUT2D eigenvalue weighted by molar-refractivity contribution is 5.62. The lowest BCUT2D eigenvalue weighted by molar-refractivity contribution is -2.00. The molecule has 0 amide bonds. The normalized spacial score (nSPS) is 11.6. The number of fused-ring (bicyclic) bond motifs is 2. The van der Waals surface area contributed by atoms with E-state index in [9.17, 15) is 0 Å². The summed E-state index contributed by atoms with van der Waals surface area (Å²) in [6, 6.07) is 34.4. The van der Waals surface area contributed by atoms with Crippen LogP contribution in [0, 0.1) is 20.5 Å². The van der Waals surface area contributed by atoms with Gasteiger partial charge < -0.3 is 0 Å². The van der Waals surface area contributed by atoms with Crippen molar-refractivity contribution in [3.8, 4) is 22.5 Å². The molecular formula is C34H36Cl2N4O8. The lowest BCUT2D eigenvalue weighted by Crippen LogP contribution is -2.68. The number of halogens is 2. The molecule has 0 atom stereocenters. The first-order valence-electron chi connectivity index (χ1n) is 15.2. The number of hydrogen-bond donors (Lipinski definition) is 0. The molecule has 0 aliphatic carbocycles. The summed E-state index contributed by atoms with van der Waals surface area (Å²) in [5.41, 5.74) is 7.67. The molecule has 6 rings (SSSR count). The highest BCUT2D eigenvalue weighted by atomic mass is 35.7. The predicted octanol–water partition coefficient (Wildman–Crippen LogP) is -2.37. The molecule has 0 radical (unpaired) electrons. The number of aryl methyl sites for hydroxylation is 2. The molecular weight excluding hydrogens is 663 g/mol. The van der Waals surface area contributed by atoms with Crippen LogP contribution in [-0.4, -0.2) is 9.13 Å². The fourth-order valence-corrected chi connectivity index (χ4v) is 5.62. The van der Waals surface area contributed by atoms with Crippen molar-refractivity contribution >= 4 is 11.3 Å².